The van der Waals surface area contributed by atoms with Gasteiger partial charge in [-0.2, -0.15) is 9.97 Å². The quantitative estimate of drug-likeness (QED) is 0.793. The van der Waals surface area contributed by atoms with Gasteiger partial charge in [-0.05, 0) is 26.0 Å². The Labute approximate surface area is 136 Å². The van der Waals surface area contributed by atoms with Crippen LogP contribution in [-0.2, 0) is 0 Å². The molecular weight excluding hydrogens is 318 g/mol. The molecule has 0 atom stereocenters. The standard InChI is InChI=1S/C14H15N5O5/c1-7(2)24-14-18-10(17-13(19-14)23-3)11(20)16-9-5-4-8(6-15-9)12(21)22/h4-7H,1-3H3,(H,21,22)(H,15,16,20). The molecule has 2 N–H and O–H groups in total. The van der Waals surface area contributed by atoms with Crippen LogP contribution in [0, 0.1) is 0 Å². The van der Waals surface area contributed by atoms with Crippen molar-refractivity contribution < 1.29 is 24.2 Å². The highest BCUT2D eigenvalue weighted by atomic mass is 16.5. The Morgan fingerprint density at radius 1 is 1.17 bits per heavy atom. The number of ether oxygens (including phenoxy) is 2. The smallest absolute Gasteiger partial charge is 0.337 e. The second-order valence-electron chi connectivity index (χ2n) is 4.79. The van der Waals surface area contributed by atoms with Crippen molar-refractivity contribution >= 4 is 17.7 Å². The van der Waals surface area contributed by atoms with Gasteiger partial charge in [0, 0.05) is 6.20 Å². The summed E-state index contributed by atoms with van der Waals surface area (Å²) in [5.41, 5.74) is 0.00227. The van der Waals surface area contributed by atoms with E-state index in [1.54, 1.807) is 13.8 Å². The van der Waals surface area contributed by atoms with Crippen LogP contribution in [0.4, 0.5) is 5.82 Å². The third-order valence-electron chi connectivity index (χ3n) is 2.57. The fourth-order valence-corrected chi connectivity index (χ4v) is 1.56. The van der Waals surface area contributed by atoms with Crippen molar-refractivity contribution in [3.63, 3.8) is 0 Å². The van der Waals surface area contributed by atoms with Gasteiger partial charge < -0.3 is 19.9 Å². The summed E-state index contributed by atoms with van der Waals surface area (Å²) in [6.45, 7) is 3.56. The SMILES string of the molecule is COc1nc(OC(C)C)nc(C(=O)Nc2ccc(C(=O)O)cn2)n1. The molecule has 0 fully saturated rings. The van der Waals surface area contributed by atoms with Gasteiger partial charge in [0.25, 0.3) is 5.91 Å². The van der Waals surface area contributed by atoms with E-state index in [1.165, 1.54) is 19.2 Å². The maximum atomic E-state index is 12.2. The van der Waals surface area contributed by atoms with Crippen LogP contribution in [0.2, 0.25) is 0 Å². The van der Waals surface area contributed by atoms with Crippen molar-refractivity contribution in [1.29, 1.82) is 0 Å². The summed E-state index contributed by atoms with van der Waals surface area (Å²) in [7, 11) is 1.35. The maximum Gasteiger partial charge on any atom is 0.337 e. The Morgan fingerprint density at radius 3 is 2.42 bits per heavy atom. The summed E-state index contributed by atoms with van der Waals surface area (Å²) >= 11 is 0. The van der Waals surface area contributed by atoms with Crippen molar-refractivity contribution in [2.75, 3.05) is 12.4 Å². The molecule has 2 heterocycles. The number of aromatic nitrogens is 4. The molecule has 10 heteroatoms. The number of amides is 1. The van der Waals surface area contributed by atoms with Crippen LogP contribution in [0.3, 0.4) is 0 Å². The second-order valence-corrected chi connectivity index (χ2v) is 4.79. The fraction of sp³-hybridized carbons (Fsp3) is 0.286. The first kappa shape index (κ1) is 17.1. The molecule has 0 spiro atoms. The molecule has 0 aliphatic carbocycles. The average Bonchev–Trinajstić information content (AvgIpc) is 2.54. The lowest BCUT2D eigenvalue weighted by molar-refractivity contribution is 0.0696. The van der Waals surface area contributed by atoms with E-state index >= 15 is 0 Å². The summed E-state index contributed by atoms with van der Waals surface area (Å²) in [5, 5.41) is 11.3. The predicted molar refractivity (Wildman–Crippen MR) is 81.3 cm³/mol. The number of methoxy groups -OCH3 is 1. The summed E-state index contributed by atoms with van der Waals surface area (Å²) in [6, 6.07) is 2.55. The van der Waals surface area contributed by atoms with E-state index in [0.29, 0.717) is 0 Å². The number of carbonyl (C=O) groups is 2. The number of aromatic carboxylic acids is 1. The molecule has 0 saturated carbocycles. The number of nitrogens with zero attached hydrogens (tertiary/aromatic N) is 4. The summed E-state index contributed by atoms with van der Waals surface area (Å²) in [4.78, 5) is 38.4. The lowest BCUT2D eigenvalue weighted by Crippen LogP contribution is -2.19. The van der Waals surface area contributed by atoms with Gasteiger partial charge in [0.15, 0.2) is 0 Å². The van der Waals surface area contributed by atoms with E-state index in [0.717, 1.165) is 6.20 Å². The molecule has 1 amide bonds. The van der Waals surface area contributed by atoms with E-state index in [1.807, 2.05) is 0 Å². The van der Waals surface area contributed by atoms with E-state index < -0.39 is 11.9 Å². The summed E-state index contributed by atoms with van der Waals surface area (Å²) in [6.07, 6.45) is 0.928. The third-order valence-corrected chi connectivity index (χ3v) is 2.57. The zero-order chi connectivity index (χ0) is 17.7. The monoisotopic (exact) mass is 333 g/mol. The Morgan fingerprint density at radius 2 is 1.88 bits per heavy atom. The van der Waals surface area contributed by atoms with Crippen molar-refractivity contribution in [2.24, 2.45) is 0 Å². The van der Waals surface area contributed by atoms with Gasteiger partial charge in [-0.3, -0.25) is 4.79 Å². The van der Waals surface area contributed by atoms with Crippen LogP contribution in [0.1, 0.15) is 34.8 Å². The molecule has 0 bridgehead atoms. The van der Waals surface area contributed by atoms with Crippen LogP contribution in [-0.4, -0.2) is 50.1 Å². The van der Waals surface area contributed by atoms with Gasteiger partial charge in [0.2, 0.25) is 5.82 Å². The predicted octanol–water partition coefficient (Wildman–Crippen LogP) is 1.01. The Hall–Kier alpha value is -3.30. The van der Waals surface area contributed by atoms with Crippen LogP contribution >= 0.6 is 0 Å². The molecule has 0 saturated heterocycles. The number of hydrogen-bond donors (Lipinski definition) is 2. The van der Waals surface area contributed by atoms with E-state index in [-0.39, 0.29) is 35.3 Å². The number of rotatable bonds is 6. The molecule has 126 valence electrons. The van der Waals surface area contributed by atoms with Crippen LogP contribution < -0.4 is 14.8 Å². The number of pyridine rings is 1. The molecule has 2 aromatic rings. The lowest BCUT2D eigenvalue weighted by atomic mass is 10.3. The molecule has 2 rings (SSSR count). The minimum absolute atomic E-state index is 0.00227. The summed E-state index contributed by atoms with van der Waals surface area (Å²) in [5.74, 6) is -1.85. The van der Waals surface area contributed by atoms with E-state index in [9.17, 15) is 9.59 Å². The maximum absolute atomic E-state index is 12.2. The van der Waals surface area contributed by atoms with Crippen LogP contribution in [0.15, 0.2) is 18.3 Å². The highest BCUT2D eigenvalue weighted by Crippen LogP contribution is 2.12. The first-order chi connectivity index (χ1) is 11.4. The molecule has 0 aliphatic rings. The Kier molecular flexibility index (Phi) is 5.20. The first-order valence-corrected chi connectivity index (χ1v) is 6.86. The van der Waals surface area contributed by atoms with Crippen molar-refractivity contribution in [3.8, 4) is 12.0 Å². The third kappa shape index (κ3) is 4.35. The van der Waals surface area contributed by atoms with Crippen molar-refractivity contribution in [1.82, 2.24) is 19.9 Å². The molecule has 0 unspecified atom stereocenters. The van der Waals surface area contributed by atoms with E-state index in [2.05, 4.69) is 25.3 Å². The van der Waals surface area contributed by atoms with Gasteiger partial charge in [0.05, 0.1) is 18.8 Å². The number of carboxylic acid groups (broad SMARTS) is 1. The number of hydrogen-bond acceptors (Lipinski definition) is 8. The number of carbonyl (C=O) groups excluding carboxylic acids is 1. The lowest BCUT2D eigenvalue weighted by Gasteiger charge is -2.09. The molecule has 10 nitrogen and oxygen atoms in total. The Balaban J connectivity index is 2.20. The van der Waals surface area contributed by atoms with Gasteiger partial charge >= 0.3 is 18.0 Å². The van der Waals surface area contributed by atoms with Crippen LogP contribution in [0.5, 0.6) is 12.0 Å². The number of carboxylic acids is 1. The highest BCUT2D eigenvalue weighted by Gasteiger charge is 2.16. The van der Waals surface area contributed by atoms with Crippen LogP contribution in [0.25, 0.3) is 0 Å². The van der Waals surface area contributed by atoms with Gasteiger partial charge in [-0.1, -0.05) is 0 Å². The van der Waals surface area contributed by atoms with Gasteiger partial charge in [0.1, 0.15) is 5.82 Å². The largest absolute Gasteiger partial charge is 0.478 e. The minimum Gasteiger partial charge on any atom is -0.478 e. The minimum atomic E-state index is -1.11. The fourth-order valence-electron chi connectivity index (χ4n) is 1.56. The number of nitrogens with one attached hydrogen (secondary N) is 1. The molecular formula is C14H15N5O5. The van der Waals surface area contributed by atoms with Crippen molar-refractivity contribution in [3.05, 3.63) is 29.7 Å². The highest BCUT2D eigenvalue weighted by molar-refractivity contribution is 6.01. The molecule has 0 aliphatic heterocycles. The zero-order valence-corrected chi connectivity index (χ0v) is 13.2. The average molecular weight is 333 g/mol. The molecule has 0 radical (unpaired) electrons. The normalized spacial score (nSPS) is 10.3. The molecule has 2 aromatic heterocycles. The van der Waals surface area contributed by atoms with E-state index in [4.69, 9.17) is 14.6 Å². The topological polar surface area (TPSA) is 136 Å². The molecule has 0 aromatic carbocycles. The zero-order valence-electron chi connectivity index (χ0n) is 13.2. The summed E-state index contributed by atoms with van der Waals surface area (Å²) < 4.78 is 10.3. The van der Waals surface area contributed by atoms with Crippen molar-refractivity contribution in [2.45, 2.75) is 20.0 Å². The Bertz CT molecular complexity index is 748. The number of anilines is 1. The van der Waals surface area contributed by atoms with Gasteiger partial charge in [-0.25, -0.2) is 9.78 Å². The first-order valence-electron chi connectivity index (χ1n) is 6.86. The second kappa shape index (κ2) is 7.31. The van der Waals surface area contributed by atoms with Gasteiger partial charge in [-0.15, -0.1) is 4.98 Å². The molecule has 24 heavy (non-hydrogen) atoms.